The van der Waals surface area contributed by atoms with Crippen molar-refractivity contribution in [2.24, 2.45) is 13.0 Å². The molecular formula is C19H25N5O3. The molecule has 2 aromatic rings. The van der Waals surface area contributed by atoms with Gasteiger partial charge in [-0.05, 0) is 18.9 Å². The minimum atomic E-state index is -0.347. The quantitative estimate of drug-likeness (QED) is 0.781. The number of likely N-dealkylation sites (tertiary alicyclic amines) is 1. The van der Waals surface area contributed by atoms with E-state index in [9.17, 15) is 14.4 Å². The minimum Gasteiger partial charge on any atom is -0.350 e. The second kappa shape index (κ2) is 7.69. The number of urea groups is 1. The standard InChI is InChI=1S/C19H25N5O3/c1-22(2)19(27)24-10-8-13(9-11-24)17(25)20-21-18(26)15-12-23(3)16-7-5-4-6-14(15)16/h4-7,12-13H,8-11H2,1-3H3,(H,20,25)(H,21,26). The van der Waals surface area contributed by atoms with Crippen molar-refractivity contribution in [3.63, 3.8) is 0 Å². The molecule has 8 heteroatoms. The lowest BCUT2D eigenvalue weighted by atomic mass is 9.96. The number of aromatic nitrogens is 1. The van der Waals surface area contributed by atoms with Crippen LogP contribution in [0, 0.1) is 5.92 Å². The van der Waals surface area contributed by atoms with Crippen LogP contribution in [0.5, 0.6) is 0 Å². The molecule has 1 aliphatic heterocycles. The normalized spacial score (nSPS) is 14.9. The Labute approximate surface area is 158 Å². The third-order valence-corrected chi connectivity index (χ3v) is 4.96. The van der Waals surface area contributed by atoms with Gasteiger partial charge in [-0.15, -0.1) is 0 Å². The number of hydrazine groups is 1. The van der Waals surface area contributed by atoms with E-state index in [0.717, 1.165) is 10.9 Å². The molecule has 0 spiro atoms. The molecule has 144 valence electrons. The molecule has 1 fully saturated rings. The largest absolute Gasteiger partial charge is 0.350 e. The molecule has 0 saturated carbocycles. The molecule has 1 saturated heterocycles. The SMILES string of the molecule is CN(C)C(=O)N1CCC(C(=O)NNC(=O)c2cn(C)c3ccccc23)CC1. The number of nitrogens with zero attached hydrogens (tertiary/aromatic N) is 3. The van der Waals surface area contributed by atoms with E-state index >= 15 is 0 Å². The summed E-state index contributed by atoms with van der Waals surface area (Å²) in [5.41, 5.74) is 6.51. The number of amides is 4. The van der Waals surface area contributed by atoms with Crippen LogP contribution in [0.15, 0.2) is 30.5 Å². The first-order chi connectivity index (χ1) is 12.9. The first-order valence-corrected chi connectivity index (χ1v) is 8.99. The maximum Gasteiger partial charge on any atom is 0.319 e. The summed E-state index contributed by atoms with van der Waals surface area (Å²) in [5.74, 6) is -0.787. The summed E-state index contributed by atoms with van der Waals surface area (Å²) >= 11 is 0. The van der Waals surface area contributed by atoms with Crippen LogP contribution in [0.2, 0.25) is 0 Å². The van der Waals surface area contributed by atoms with Gasteiger partial charge in [0.15, 0.2) is 0 Å². The van der Waals surface area contributed by atoms with Crippen LogP contribution in [0.3, 0.4) is 0 Å². The molecule has 0 bridgehead atoms. The van der Waals surface area contributed by atoms with Crippen LogP contribution in [-0.2, 0) is 11.8 Å². The molecule has 0 unspecified atom stereocenters. The van der Waals surface area contributed by atoms with E-state index in [1.165, 1.54) is 4.90 Å². The number of nitrogens with one attached hydrogen (secondary N) is 2. The minimum absolute atomic E-state index is 0.0434. The topological polar surface area (TPSA) is 86.7 Å². The van der Waals surface area contributed by atoms with Gasteiger partial charge in [-0.25, -0.2) is 4.79 Å². The highest BCUT2D eigenvalue weighted by molar-refractivity contribution is 6.07. The predicted octanol–water partition coefficient (Wildman–Crippen LogP) is 1.33. The van der Waals surface area contributed by atoms with Gasteiger partial charge in [0.25, 0.3) is 5.91 Å². The van der Waals surface area contributed by atoms with E-state index in [-0.39, 0.29) is 23.8 Å². The molecule has 27 heavy (non-hydrogen) atoms. The second-order valence-corrected chi connectivity index (χ2v) is 7.05. The average Bonchev–Trinajstić information content (AvgIpc) is 3.02. The lowest BCUT2D eigenvalue weighted by Gasteiger charge is -2.32. The number of hydrogen-bond acceptors (Lipinski definition) is 3. The van der Waals surface area contributed by atoms with E-state index in [4.69, 9.17) is 0 Å². The van der Waals surface area contributed by atoms with E-state index < -0.39 is 0 Å². The third-order valence-electron chi connectivity index (χ3n) is 4.96. The third kappa shape index (κ3) is 3.89. The molecule has 0 radical (unpaired) electrons. The van der Waals surface area contributed by atoms with Crippen molar-refractivity contribution in [3.8, 4) is 0 Å². The van der Waals surface area contributed by atoms with Crippen LogP contribution in [0.25, 0.3) is 10.9 Å². The number of carbonyl (C=O) groups is 3. The van der Waals surface area contributed by atoms with Crippen LogP contribution in [0.1, 0.15) is 23.2 Å². The summed E-state index contributed by atoms with van der Waals surface area (Å²) in [6, 6.07) is 7.56. The Morgan fingerprint density at radius 1 is 1.07 bits per heavy atom. The summed E-state index contributed by atoms with van der Waals surface area (Å²) in [5, 5.41) is 0.835. The molecule has 1 aromatic heterocycles. The Kier molecular flexibility index (Phi) is 5.34. The lowest BCUT2D eigenvalue weighted by Crippen LogP contribution is -2.49. The summed E-state index contributed by atoms with van der Waals surface area (Å²) in [6.07, 6.45) is 2.91. The summed E-state index contributed by atoms with van der Waals surface area (Å²) < 4.78 is 1.88. The van der Waals surface area contributed by atoms with E-state index in [1.807, 2.05) is 35.9 Å². The highest BCUT2D eigenvalue weighted by Gasteiger charge is 2.28. The van der Waals surface area contributed by atoms with Crippen molar-refractivity contribution < 1.29 is 14.4 Å². The number of piperidine rings is 1. The van der Waals surface area contributed by atoms with Gasteiger partial charge < -0.3 is 14.4 Å². The maximum absolute atomic E-state index is 12.5. The van der Waals surface area contributed by atoms with Gasteiger partial charge in [-0.2, -0.15) is 0 Å². The van der Waals surface area contributed by atoms with E-state index in [2.05, 4.69) is 10.9 Å². The molecule has 1 aromatic carbocycles. The number of hydrogen-bond donors (Lipinski definition) is 2. The predicted molar refractivity (Wildman–Crippen MR) is 102 cm³/mol. The van der Waals surface area contributed by atoms with Gasteiger partial charge >= 0.3 is 6.03 Å². The zero-order valence-electron chi connectivity index (χ0n) is 15.9. The summed E-state index contributed by atoms with van der Waals surface area (Å²) in [6.45, 7) is 1.07. The van der Waals surface area contributed by atoms with Gasteiger partial charge in [0.05, 0.1) is 5.56 Å². The molecule has 8 nitrogen and oxygen atoms in total. The Bertz CT molecular complexity index is 865. The van der Waals surface area contributed by atoms with Crippen molar-refractivity contribution in [1.29, 1.82) is 0 Å². The average molecular weight is 371 g/mol. The van der Waals surface area contributed by atoms with Crippen molar-refractivity contribution in [3.05, 3.63) is 36.0 Å². The molecule has 2 N–H and O–H groups in total. The van der Waals surface area contributed by atoms with Crippen molar-refractivity contribution in [2.45, 2.75) is 12.8 Å². The van der Waals surface area contributed by atoms with Gasteiger partial charge in [-0.1, -0.05) is 18.2 Å². The first-order valence-electron chi connectivity index (χ1n) is 8.99. The van der Waals surface area contributed by atoms with Crippen molar-refractivity contribution in [2.75, 3.05) is 27.2 Å². The fraction of sp³-hybridized carbons (Fsp3) is 0.421. The Balaban J connectivity index is 1.55. The fourth-order valence-electron chi connectivity index (χ4n) is 3.43. The second-order valence-electron chi connectivity index (χ2n) is 7.05. The first kappa shape index (κ1) is 18.8. The highest BCUT2D eigenvalue weighted by atomic mass is 16.2. The van der Waals surface area contributed by atoms with Crippen LogP contribution in [0.4, 0.5) is 4.79 Å². The molecular weight excluding hydrogens is 346 g/mol. The van der Waals surface area contributed by atoms with Crippen molar-refractivity contribution >= 4 is 28.7 Å². The Hall–Kier alpha value is -3.03. The number of carbonyl (C=O) groups excluding carboxylic acids is 3. The van der Waals surface area contributed by atoms with Gasteiger partial charge in [0.2, 0.25) is 5.91 Å². The van der Waals surface area contributed by atoms with Gasteiger partial charge in [-0.3, -0.25) is 20.4 Å². The number of rotatable bonds is 2. The summed E-state index contributed by atoms with van der Waals surface area (Å²) in [7, 11) is 5.30. The molecule has 0 atom stereocenters. The molecule has 2 heterocycles. The number of benzene rings is 1. The van der Waals surface area contributed by atoms with Crippen LogP contribution in [-0.4, -0.2) is 59.4 Å². The van der Waals surface area contributed by atoms with Gasteiger partial charge in [0.1, 0.15) is 0 Å². The number of aryl methyl sites for hydroxylation is 1. The highest BCUT2D eigenvalue weighted by Crippen LogP contribution is 2.20. The van der Waals surface area contributed by atoms with E-state index in [0.29, 0.717) is 31.5 Å². The zero-order valence-corrected chi connectivity index (χ0v) is 15.9. The van der Waals surface area contributed by atoms with Gasteiger partial charge in [0, 0.05) is 57.3 Å². The van der Waals surface area contributed by atoms with E-state index in [1.54, 1.807) is 25.2 Å². The molecule has 4 amide bonds. The van der Waals surface area contributed by atoms with Crippen LogP contribution >= 0.6 is 0 Å². The lowest BCUT2D eigenvalue weighted by molar-refractivity contribution is -0.127. The molecule has 0 aliphatic carbocycles. The Morgan fingerprint density at radius 3 is 2.41 bits per heavy atom. The number of fused-ring (bicyclic) bond motifs is 1. The van der Waals surface area contributed by atoms with Crippen molar-refractivity contribution in [1.82, 2.24) is 25.2 Å². The van der Waals surface area contributed by atoms with Crippen LogP contribution < -0.4 is 10.9 Å². The maximum atomic E-state index is 12.5. The molecule has 3 rings (SSSR count). The monoisotopic (exact) mass is 371 g/mol. The fourth-order valence-corrected chi connectivity index (χ4v) is 3.43. The summed E-state index contributed by atoms with van der Waals surface area (Å²) in [4.78, 5) is 40.1. The number of para-hydroxylation sites is 1. The Morgan fingerprint density at radius 2 is 1.74 bits per heavy atom. The zero-order chi connectivity index (χ0) is 19.6. The smallest absolute Gasteiger partial charge is 0.319 e. The molecule has 1 aliphatic rings.